The fourth-order valence-corrected chi connectivity index (χ4v) is 4.45. The molecular formula is C30H36O6. The van der Waals surface area contributed by atoms with Gasteiger partial charge in [-0.3, -0.25) is 19.2 Å². The third-order valence-electron chi connectivity index (χ3n) is 6.69. The summed E-state index contributed by atoms with van der Waals surface area (Å²) in [7, 11) is 0. The molecular weight excluding hydrogens is 456 g/mol. The second kappa shape index (κ2) is 10.8. The van der Waals surface area contributed by atoms with Gasteiger partial charge in [0.05, 0.1) is 26.1 Å². The van der Waals surface area contributed by atoms with Gasteiger partial charge in [-0.15, -0.1) is 0 Å². The number of ether oxygens (including phenoxy) is 2. The Morgan fingerprint density at radius 1 is 0.639 bits per heavy atom. The summed E-state index contributed by atoms with van der Waals surface area (Å²) in [5.74, 6) is -1.03. The lowest BCUT2D eigenvalue weighted by atomic mass is 9.75. The predicted octanol–water partition coefficient (Wildman–Crippen LogP) is 5.70. The van der Waals surface area contributed by atoms with Crippen molar-refractivity contribution in [2.45, 2.75) is 78.1 Å². The van der Waals surface area contributed by atoms with Gasteiger partial charge in [0.1, 0.15) is 0 Å². The van der Waals surface area contributed by atoms with E-state index in [-0.39, 0.29) is 36.3 Å². The summed E-state index contributed by atoms with van der Waals surface area (Å²) in [4.78, 5) is 51.3. The lowest BCUT2D eigenvalue weighted by Gasteiger charge is -2.28. The number of rotatable bonds is 10. The minimum Gasteiger partial charge on any atom is -0.466 e. The standard InChI is InChI=1S/C30H36O6/c1-7-13-35-25(31)17-29(3,4)19-9-11-21-23(15-19)27(33)22-12-10-20(16-24(22)28(21)34)30(5,6)18-26(32)36-14-8-2/h9-12,15-16H,7-8,13-14,17-18H2,1-6H3. The van der Waals surface area contributed by atoms with E-state index in [9.17, 15) is 19.2 Å². The van der Waals surface area contributed by atoms with Crippen LogP contribution in [0.4, 0.5) is 0 Å². The molecule has 2 aromatic rings. The zero-order valence-corrected chi connectivity index (χ0v) is 22.2. The van der Waals surface area contributed by atoms with Crippen LogP contribution in [0.15, 0.2) is 36.4 Å². The molecule has 0 amide bonds. The van der Waals surface area contributed by atoms with Gasteiger partial charge in [-0.1, -0.05) is 53.7 Å². The average Bonchev–Trinajstić information content (AvgIpc) is 2.83. The number of carbonyl (C=O) groups excluding carboxylic acids is 4. The number of hydrogen-bond donors (Lipinski definition) is 0. The Labute approximate surface area is 213 Å². The largest absolute Gasteiger partial charge is 0.466 e. The van der Waals surface area contributed by atoms with Crippen molar-refractivity contribution in [2.24, 2.45) is 0 Å². The number of hydrogen-bond acceptors (Lipinski definition) is 6. The molecule has 0 saturated carbocycles. The first-order chi connectivity index (χ1) is 16.9. The monoisotopic (exact) mass is 492 g/mol. The average molecular weight is 493 g/mol. The Hall–Kier alpha value is -3.28. The van der Waals surface area contributed by atoms with Crippen molar-refractivity contribution < 1.29 is 28.7 Å². The van der Waals surface area contributed by atoms with Gasteiger partial charge in [0.25, 0.3) is 0 Å². The summed E-state index contributed by atoms with van der Waals surface area (Å²) < 4.78 is 10.5. The number of ketones is 2. The summed E-state index contributed by atoms with van der Waals surface area (Å²) in [5.41, 5.74) is 1.83. The van der Waals surface area contributed by atoms with Crippen LogP contribution in [-0.4, -0.2) is 36.7 Å². The van der Waals surface area contributed by atoms with Crippen molar-refractivity contribution in [3.05, 3.63) is 69.8 Å². The molecule has 0 heterocycles. The molecule has 0 aliphatic heterocycles. The van der Waals surface area contributed by atoms with Crippen LogP contribution in [-0.2, 0) is 29.9 Å². The van der Waals surface area contributed by atoms with Crippen molar-refractivity contribution in [1.29, 1.82) is 0 Å². The van der Waals surface area contributed by atoms with E-state index in [0.717, 1.165) is 24.0 Å². The highest BCUT2D eigenvalue weighted by Gasteiger charge is 2.34. The zero-order chi connectivity index (χ0) is 26.7. The first-order valence-electron chi connectivity index (χ1n) is 12.6. The van der Waals surface area contributed by atoms with Crippen LogP contribution in [0, 0.1) is 0 Å². The van der Waals surface area contributed by atoms with Gasteiger partial charge >= 0.3 is 11.9 Å². The normalized spacial score (nSPS) is 13.2. The van der Waals surface area contributed by atoms with Gasteiger partial charge in [0.2, 0.25) is 0 Å². The maximum Gasteiger partial charge on any atom is 0.306 e. The lowest BCUT2D eigenvalue weighted by Crippen LogP contribution is -2.27. The Morgan fingerprint density at radius 2 is 1.00 bits per heavy atom. The molecule has 3 rings (SSSR count). The summed E-state index contributed by atoms with van der Waals surface area (Å²) in [6, 6.07) is 10.4. The first kappa shape index (κ1) is 27.3. The maximum absolute atomic E-state index is 13.4. The topological polar surface area (TPSA) is 86.7 Å². The fraction of sp³-hybridized carbons (Fsp3) is 0.467. The number of benzene rings is 2. The molecule has 0 N–H and O–H groups in total. The van der Waals surface area contributed by atoms with E-state index in [1.807, 2.05) is 41.5 Å². The molecule has 0 aromatic heterocycles. The summed E-state index contributed by atoms with van der Waals surface area (Å²) in [5, 5.41) is 0. The van der Waals surface area contributed by atoms with Crippen molar-refractivity contribution >= 4 is 23.5 Å². The molecule has 0 fully saturated rings. The number of fused-ring (bicyclic) bond motifs is 2. The lowest BCUT2D eigenvalue weighted by molar-refractivity contribution is -0.145. The minimum atomic E-state index is -0.566. The van der Waals surface area contributed by atoms with E-state index in [4.69, 9.17) is 9.47 Å². The molecule has 1 aliphatic carbocycles. The molecule has 2 aromatic carbocycles. The zero-order valence-electron chi connectivity index (χ0n) is 22.2. The van der Waals surface area contributed by atoms with E-state index in [0.29, 0.717) is 35.5 Å². The first-order valence-corrected chi connectivity index (χ1v) is 12.6. The molecule has 6 nitrogen and oxygen atoms in total. The van der Waals surface area contributed by atoms with Gasteiger partial charge in [0.15, 0.2) is 11.6 Å². The van der Waals surface area contributed by atoms with Crippen LogP contribution >= 0.6 is 0 Å². The number of carbonyl (C=O) groups is 4. The number of esters is 2. The van der Waals surface area contributed by atoms with Crippen molar-refractivity contribution in [2.75, 3.05) is 13.2 Å². The molecule has 0 saturated heterocycles. The van der Waals surface area contributed by atoms with Gasteiger partial charge in [-0.2, -0.15) is 0 Å². The molecule has 1 aliphatic rings. The Kier molecular flexibility index (Phi) is 8.17. The highest BCUT2D eigenvalue weighted by atomic mass is 16.5. The van der Waals surface area contributed by atoms with Crippen LogP contribution in [0.5, 0.6) is 0 Å². The van der Waals surface area contributed by atoms with Crippen LogP contribution in [0.1, 0.15) is 110 Å². The molecule has 192 valence electrons. The molecule has 0 atom stereocenters. The summed E-state index contributed by atoms with van der Waals surface area (Å²) in [6.45, 7) is 12.3. The van der Waals surface area contributed by atoms with Crippen molar-refractivity contribution in [3.8, 4) is 0 Å². The highest BCUT2D eigenvalue weighted by Crippen LogP contribution is 2.36. The van der Waals surface area contributed by atoms with Gasteiger partial charge in [-0.25, -0.2) is 0 Å². The van der Waals surface area contributed by atoms with Crippen molar-refractivity contribution in [3.63, 3.8) is 0 Å². The molecule has 36 heavy (non-hydrogen) atoms. The molecule has 0 bridgehead atoms. The van der Waals surface area contributed by atoms with E-state index < -0.39 is 10.8 Å². The van der Waals surface area contributed by atoms with Gasteiger partial charge in [0, 0.05) is 33.1 Å². The van der Waals surface area contributed by atoms with Crippen LogP contribution in [0.2, 0.25) is 0 Å². The van der Waals surface area contributed by atoms with Gasteiger partial charge < -0.3 is 9.47 Å². The highest BCUT2D eigenvalue weighted by molar-refractivity contribution is 6.28. The molecule has 0 unspecified atom stereocenters. The van der Waals surface area contributed by atoms with Crippen molar-refractivity contribution in [1.82, 2.24) is 0 Å². The van der Waals surface area contributed by atoms with E-state index in [2.05, 4.69) is 0 Å². The van der Waals surface area contributed by atoms with Gasteiger partial charge in [-0.05, 0) is 48.2 Å². The SMILES string of the molecule is CCCOC(=O)CC(C)(C)c1ccc2c(c1)C(=O)c1ccc(C(C)(C)CC(=O)OCCC)cc1C2=O. The second-order valence-electron chi connectivity index (χ2n) is 10.7. The van der Waals surface area contributed by atoms with Crippen LogP contribution in [0.25, 0.3) is 0 Å². The smallest absolute Gasteiger partial charge is 0.306 e. The molecule has 0 radical (unpaired) electrons. The predicted molar refractivity (Wildman–Crippen MR) is 138 cm³/mol. The third kappa shape index (κ3) is 5.75. The quantitative estimate of drug-likeness (QED) is 0.337. The van der Waals surface area contributed by atoms with E-state index in [1.165, 1.54) is 0 Å². The summed E-state index contributed by atoms with van der Waals surface area (Å²) in [6.07, 6.45) is 1.85. The summed E-state index contributed by atoms with van der Waals surface area (Å²) >= 11 is 0. The van der Waals surface area contributed by atoms with Crippen LogP contribution in [0.3, 0.4) is 0 Å². The second-order valence-corrected chi connectivity index (χ2v) is 10.7. The Morgan fingerprint density at radius 3 is 1.33 bits per heavy atom. The Balaban J connectivity index is 1.90. The van der Waals surface area contributed by atoms with Crippen LogP contribution < -0.4 is 0 Å². The minimum absolute atomic E-state index is 0.170. The molecule has 6 heteroatoms. The van der Waals surface area contributed by atoms with E-state index >= 15 is 0 Å². The third-order valence-corrected chi connectivity index (χ3v) is 6.69. The van der Waals surface area contributed by atoms with E-state index in [1.54, 1.807) is 36.4 Å². The fourth-order valence-electron chi connectivity index (χ4n) is 4.45. The maximum atomic E-state index is 13.4. The molecule has 0 spiro atoms. The Bertz CT molecular complexity index is 1090.